The van der Waals surface area contributed by atoms with E-state index in [1.165, 1.54) is 0 Å². The average Bonchev–Trinajstić information content (AvgIpc) is 2.76. The predicted molar refractivity (Wildman–Crippen MR) is 89.7 cm³/mol. The summed E-state index contributed by atoms with van der Waals surface area (Å²) in [4.78, 5) is 8.95. The van der Waals surface area contributed by atoms with E-state index >= 15 is 0 Å². The summed E-state index contributed by atoms with van der Waals surface area (Å²) in [7, 11) is 1.16. The molecule has 0 atom stereocenters. The molecule has 1 saturated heterocycles. The summed E-state index contributed by atoms with van der Waals surface area (Å²) in [6.45, 7) is 8.08. The molecule has 1 aliphatic rings. The van der Waals surface area contributed by atoms with E-state index in [4.69, 9.17) is 14.0 Å². The Kier molecular flexibility index (Phi) is 3.90. The minimum Gasteiger partial charge on any atom is -0.497 e. The van der Waals surface area contributed by atoms with E-state index in [2.05, 4.69) is 9.97 Å². The van der Waals surface area contributed by atoms with E-state index in [1.807, 2.05) is 52.0 Å². The van der Waals surface area contributed by atoms with Gasteiger partial charge < -0.3 is 14.0 Å². The maximum absolute atomic E-state index is 5.98. The lowest BCUT2D eigenvalue weighted by atomic mass is 9.85. The lowest BCUT2D eigenvalue weighted by Gasteiger charge is -2.32. The molecule has 2 aromatic rings. The third kappa shape index (κ3) is 2.96. The molecule has 0 amide bonds. The number of ether oxygens (including phenoxy) is 1. The summed E-state index contributed by atoms with van der Waals surface area (Å²) in [5.74, 6) is 0.815. The Hall–Kier alpha value is -1.92. The van der Waals surface area contributed by atoms with E-state index < -0.39 is 7.12 Å². The standard InChI is InChI=1S/C17H21BN2O3/c1-16(2)17(3,4)23-18(22-16)15-11-19-14(10-20-15)12-6-8-13(21-5)9-7-12/h6-11H,1-5H3. The number of aromatic nitrogens is 2. The SMILES string of the molecule is COc1ccc(-c2cnc(B3OC(C)(C)C(C)(C)O3)cn2)cc1. The van der Waals surface area contributed by atoms with Crippen LogP contribution in [0, 0.1) is 0 Å². The van der Waals surface area contributed by atoms with Gasteiger partial charge in [-0.15, -0.1) is 0 Å². The first kappa shape index (κ1) is 16.0. The molecule has 0 unspecified atom stereocenters. The Morgan fingerprint density at radius 2 is 1.52 bits per heavy atom. The molecule has 0 N–H and O–H groups in total. The quantitative estimate of drug-likeness (QED) is 0.815. The van der Waals surface area contributed by atoms with Gasteiger partial charge in [0.15, 0.2) is 0 Å². The van der Waals surface area contributed by atoms with Crippen molar-refractivity contribution in [2.45, 2.75) is 38.9 Å². The van der Waals surface area contributed by atoms with Gasteiger partial charge in [0.05, 0.1) is 35.8 Å². The van der Waals surface area contributed by atoms with Crippen molar-refractivity contribution < 1.29 is 14.0 Å². The molecule has 6 heteroatoms. The molecule has 0 radical (unpaired) electrons. The molecule has 3 rings (SSSR count). The summed E-state index contributed by atoms with van der Waals surface area (Å²) in [5, 5.41) is 0. The molecule has 0 aliphatic carbocycles. The van der Waals surface area contributed by atoms with Crippen LogP contribution < -0.4 is 10.3 Å². The number of benzene rings is 1. The molecule has 0 spiro atoms. The Labute approximate surface area is 137 Å². The van der Waals surface area contributed by atoms with Crippen LogP contribution in [0.15, 0.2) is 36.7 Å². The van der Waals surface area contributed by atoms with Gasteiger partial charge in [-0.05, 0) is 52.0 Å². The number of nitrogens with zero attached hydrogens (tertiary/aromatic N) is 2. The van der Waals surface area contributed by atoms with E-state index in [9.17, 15) is 0 Å². The van der Waals surface area contributed by atoms with Gasteiger partial charge in [-0.3, -0.25) is 9.97 Å². The Balaban J connectivity index is 1.80. The molecule has 0 bridgehead atoms. The maximum atomic E-state index is 5.98. The van der Waals surface area contributed by atoms with E-state index in [-0.39, 0.29) is 11.2 Å². The second-order valence-electron chi connectivity index (χ2n) is 6.64. The smallest absolute Gasteiger partial charge is 0.497 e. The molecule has 2 heterocycles. The second kappa shape index (κ2) is 5.62. The first-order chi connectivity index (χ1) is 10.8. The van der Waals surface area contributed by atoms with Crippen molar-refractivity contribution in [3.8, 4) is 17.0 Å². The largest absolute Gasteiger partial charge is 0.516 e. The van der Waals surface area contributed by atoms with Crippen molar-refractivity contribution in [2.75, 3.05) is 7.11 Å². The fraction of sp³-hybridized carbons (Fsp3) is 0.412. The Bertz CT molecular complexity index is 668. The highest BCUT2D eigenvalue weighted by molar-refractivity contribution is 6.61. The Morgan fingerprint density at radius 1 is 0.913 bits per heavy atom. The van der Waals surface area contributed by atoms with Crippen LogP contribution in [0.1, 0.15) is 27.7 Å². The Morgan fingerprint density at radius 3 is 2.00 bits per heavy atom. The monoisotopic (exact) mass is 312 g/mol. The molecule has 0 saturated carbocycles. The van der Waals surface area contributed by atoms with Gasteiger partial charge in [-0.1, -0.05) is 0 Å². The minimum atomic E-state index is -0.489. The van der Waals surface area contributed by atoms with Crippen molar-refractivity contribution in [3.63, 3.8) is 0 Å². The molecule has 120 valence electrons. The van der Waals surface area contributed by atoms with Gasteiger partial charge in [-0.2, -0.15) is 0 Å². The highest BCUT2D eigenvalue weighted by Crippen LogP contribution is 2.36. The van der Waals surface area contributed by atoms with Crippen LogP contribution in [0.5, 0.6) is 5.75 Å². The topological polar surface area (TPSA) is 53.5 Å². The molecular weight excluding hydrogens is 291 g/mol. The number of hydrogen-bond acceptors (Lipinski definition) is 5. The van der Waals surface area contributed by atoms with Crippen LogP contribution in [-0.4, -0.2) is 35.4 Å². The third-order valence-electron chi connectivity index (χ3n) is 4.55. The fourth-order valence-corrected chi connectivity index (χ4v) is 2.33. The normalized spacial score (nSPS) is 18.9. The van der Waals surface area contributed by atoms with Gasteiger partial charge in [-0.25, -0.2) is 0 Å². The third-order valence-corrected chi connectivity index (χ3v) is 4.55. The average molecular weight is 312 g/mol. The van der Waals surface area contributed by atoms with Gasteiger partial charge in [0.1, 0.15) is 5.75 Å². The predicted octanol–water partition coefficient (Wildman–Crippen LogP) is 2.45. The zero-order chi connectivity index (χ0) is 16.7. The first-order valence-electron chi connectivity index (χ1n) is 7.64. The van der Waals surface area contributed by atoms with E-state index in [1.54, 1.807) is 19.5 Å². The van der Waals surface area contributed by atoms with Crippen LogP contribution in [0.25, 0.3) is 11.3 Å². The fourth-order valence-electron chi connectivity index (χ4n) is 2.33. The molecule has 1 aromatic heterocycles. The van der Waals surface area contributed by atoms with Gasteiger partial charge in [0.25, 0.3) is 0 Å². The van der Waals surface area contributed by atoms with Crippen molar-refractivity contribution in [1.29, 1.82) is 0 Å². The second-order valence-corrected chi connectivity index (χ2v) is 6.64. The zero-order valence-corrected chi connectivity index (χ0v) is 14.2. The summed E-state index contributed by atoms with van der Waals surface area (Å²) < 4.78 is 17.1. The highest BCUT2D eigenvalue weighted by atomic mass is 16.7. The first-order valence-corrected chi connectivity index (χ1v) is 7.64. The molecule has 1 aromatic carbocycles. The lowest BCUT2D eigenvalue weighted by Crippen LogP contribution is -2.41. The summed E-state index contributed by atoms with van der Waals surface area (Å²) in [6, 6.07) is 7.72. The number of rotatable bonds is 3. The van der Waals surface area contributed by atoms with Crippen LogP contribution in [0.4, 0.5) is 0 Å². The summed E-state index contributed by atoms with van der Waals surface area (Å²) in [6.07, 6.45) is 3.45. The molecule has 23 heavy (non-hydrogen) atoms. The minimum absolute atomic E-state index is 0.381. The highest BCUT2D eigenvalue weighted by Gasteiger charge is 2.52. The summed E-state index contributed by atoms with van der Waals surface area (Å²) in [5.41, 5.74) is 1.70. The van der Waals surface area contributed by atoms with Crippen LogP contribution in [-0.2, 0) is 9.31 Å². The lowest BCUT2D eigenvalue weighted by molar-refractivity contribution is 0.00578. The van der Waals surface area contributed by atoms with Crippen molar-refractivity contribution in [2.24, 2.45) is 0 Å². The van der Waals surface area contributed by atoms with Crippen molar-refractivity contribution in [1.82, 2.24) is 9.97 Å². The molecule has 5 nitrogen and oxygen atoms in total. The van der Waals surface area contributed by atoms with Crippen molar-refractivity contribution in [3.05, 3.63) is 36.7 Å². The molecule has 1 aliphatic heterocycles. The van der Waals surface area contributed by atoms with Crippen LogP contribution in [0.2, 0.25) is 0 Å². The van der Waals surface area contributed by atoms with Gasteiger partial charge >= 0.3 is 7.12 Å². The summed E-state index contributed by atoms with van der Waals surface area (Å²) >= 11 is 0. The van der Waals surface area contributed by atoms with E-state index in [0.29, 0.717) is 5.59 Å². The van der Waals surface area contributed by atoms with Gasteiger partial charge in [0, 0.05) is 11.8 Å². The van der Waals surface area contributed by atoms with E-state index in [0.717, 1.165) is 17.0 Å². The number of hydrogen-bond donors (Lipinski definition) is 0. The van der Waals surface area contributed by atoms with Crippen LogP contribution in [0.3, 0.4) is 0 Å². The molecule has 1 fully saturated rings. The van der Waals surface area contributed by atoms with Gasteiger partial charge in [0.2, 0.25) is 0 Å². The van der Waals surface area contributed by atoms with Crippen LogP contribution >= 0.6 is 0 Å². The zero-order valence-electron chi connectivity index (χ0n) is 14.2. The van der Waals surface area contributed by atoms with Crippen molar-refractivity contribution >= 4 is 12.7 Å². The maximum Gasteiger partial charge on any atom is 0.516 e. The molecular formula is C17H21BN2O3. The number of methoxy groups -OCH3 is 1.